The summed E-state index contributed by atoms with van der Waals surface area (Å²) in [7, 11) is 0. The number of hydrogen-bond acceptors (Lipinski definition) is 6. The van der Waals surface area contributed by atoms with Crippen molar-refractivity contribution >= 4 is 23.0 Å². The molecule has 2 N–H and O–H groups in total. The maximum atomic E-state index is 11.3. The third-order valence-corrected chi connectivity index (χ3v) is 2.93. The highest BCUT2D eigenvalue weighted by Crippen LogP contribution is 2.19. The second-order valence-electron chi connectivity index (χ2n) is 4.51. The number of hydrogen-bond donors (Lipinski definition) is 2. The Kier molecular flexibility index (Phi) is 4.27. The molecule has 1 aliphatic heterocycles. The highest BCUT2D eigenvalue weighted by Gasteiger charge is 2.21. The van der Waals surface area contributed by atoms with E-state index in [1.54, 1.807) is 30.3 Å². The van der Waals surface area contributed by atoms with E-state index in [4.69, 9.17) is 10.5 Å². The van der Waals surface area contributed by atoms with Crippen molar-refractivity contribution in [3.05, 3.63) is 29.8 Å². The minimum atomic E-state index is -0.254. The molecule has 1 aromatic rings. The maximum Gasteiger partial charge on any atom is 0.240 e. The summed E-state index contributed by atoms with van der Waals surface area (Å²) in [4.78, 5) is 11.3. The van der Waals surface area contributed by atoms with Crippen molar-refractivity contribution in [2.75, 3.05) is 5.43 Å². The van der Waals surface area contributed by atoms with E-state index in [0.29, 0.717) is 12.1 Å². The first-order valence-corrected chi connectivity index (χ1v) is 6.24. The first kappa shape index (κ1) is 14.2. The second kappa shape index (κ2) is 6.31. The van der Waals surface area contributed by atoms with Gasteiger partial charge in [0.25, 0.3) is 0 Å². The molecular formula is C14H12N6O. The van der Waals surface area contributed by atoms with E-state index in [1.807, 2.05) is 13.0 Å². The molecule has 0 saturated heterocycles. The molecule has 0 saturated carbocycles. The van der Waals surface area contributed by atoms with Crippen molar-refractivity contribution in [2.45, 2.75) is 13.3 Å². The molecule has 2 rings (SSSR count). The summed E-state index contributed by atoms with van der Waals surface area (Å²) in [6.07, 6.45) is 0.391. The van der Waals surface area contributed by atoms with Gasteiger partial charge in [-0.25, -0.2) is 5.43 Å². The quantitative estimate of drug-likeness (QED) is 0.642. The van der Waals surface area contributed by atoms with E-state index in [1.165, 1.54) is 0 Å². The number of nitrogens with one attached hydrogen (secondary N) is 2. The molecular weight excluding hydrogens is 268 g/mol. The topological polar surface area (TPSA) is 113 Å². The Labute approximate surface area is 121 Å². The number of hydrazone groups is 2. The van der Waals surface area contributed by atoms with Crippen LogP contribution in [0.4, 0.5) is 5.69 Å². The Morgan fingerprint density at radius 2 is 2.24 bits per heavy atom. The second-order valence-corrected chi connectivity index (χ2v) is 4.51. The van der Waals surface area contributed by atoms with Gasteiger partial charge in [-0.15, -0.1) is 0 Å². The van der Waals surface area contributed by atoms with Crippen LogP contribution in [0.1, 0.15) is 18.9 Å². The van der Waals surface area contributed by atoms with Crippen LogP contribution >= 0.6 is 0 Å². The van der Waals surface area contributed by atoms with Crippen LogP contribution in [-0.2, 0) is 4.79 Å². The van der Waals surface area contributed by atoms with Crippen LogP contribution in [0, 0.1) is 28.6 Å². The molecule has 1 aromatic carbocycles. The molecule has 1 atom stereocenters. The SMILES string of the molecule is CC1CC(=O)NN=C1c1cccc(NN=C(C#N)C#N)c1. The van der Waals surface area contributed by atoms with Crippen molar-refractivity contribution < 1.29 is 4.79 Å². The van der Waals surface area contributed by atoms with E-state index >= 15 is 0 Å². The lowest BCUT2D eigenvalue weighted by Crippen LogP contribution is -2.31. The summed E-state index contributed by atoms with van der Waals surface area (Å²) >= 11 is 0. The summed E-state index contributed by atoms with van der Waals surface area (Å²) in [6, 6.07) is 10.6. The molecule has 1 aliphatic rings. The number of carbonyl (C=O) groups excluding carboxylic acids is 1. The normalized spacial score (nSPS) is 16.8. The molecule has 0 spiro atoms. The van der Waals surface area contributed by atoms with Gasteiger partial charge in [0.15, 0.2) is 0 Å². The Morgan fingerprint density at radius 1 is 1.48 bits per heavy atom. The van der Waals surface area contributed by atoms with Gasteiger partial charge in [-0.05, 0) is 12.1 Å². The molecule has 7 nitrogen and oxygen atoms in total. The fraction of sp³-hybridized carbons (Fsp3) is 0.214. The van der Waals surface area contributed by atoms with Crippen molar-refractivity contribution in [2.24, 2.45) is 16.1 Å². The lowest BCUT2D eigenvalue weighted by Gasteiger charge is -2.19. The molecule has 21 heavy (non-hydrogen) atoms. The number of amides is 1. The Morgan fingerprint density at radius 3 is 2.90 bits per heavy atom. The van der Waals surface area contributed by atoms with Gasteiger partial charge < -0.3 is 0 Å². The van der Waals surface area contributed by atoms with Gasteiger partial charge in [0.05, 0.1) is 11.4 Å². The highest BCUT2D eigenvalue weighted by atomic mass is 16.2. The van der Waals surface area contributed by atoms with Crippen LogP contribution in [0.15, 0.2) is 34.5 Å². The monoisotopic (exact) mass is 280 g/mol. The van der Waals surface area contributed by atoms with Crippen molar-refractivity contribution in [1.29, 1.82) is 10.5 Å². The first-order chi connectivity index (χ1) is 10.1. The highest BCUT2D eigenvalue weighted by molar-refractivity contribution is 6.10. The summed E-state index contributed by atoms with van der Waals surface area (Å²) in [5.41, 5.74) is 7.11. The fourth-order valence-corrected chi connectivity index (χ4v) is 1.95. The van der Waals surface area contributed by atoms with Crippen LogP contribution < -0.4 is 10.9 Å². The lowest BCUT2D eigenvalue weighted by molar-refractivity contribution is -0.121. The van der Waals surface area contributed by atoms with Crippen molar-refractivity contribution in [1.82, 2.24) is 5.43 Å². The summed E-state index contributed by atoms with van der Waals surface area (Å²) in [6.45, 7) is 1.93. The van der Waals surface area contributed by atoms with Crippen molar-refractivity contribution in [3.63, 3.8) is 0 Å². The van der Waals surface area contributed by atoms with Crippen LogP contribution in [-0.4, -0.2) is 17.3 Å². The molecule has 0 bridgehead atoms. The van der Waals surface area contributed by atoms with Gasteiger partial charge >= 0.3 is 0 Å². The van der Waals surface area contributed by atoms with Crippen molar-refractivity contribution in [3.8, 4) is 12.1 Å². The van der Waals surface area contributed by atoms with Gasteiger partial charge in [-0.3, -0.25) is 10.2 Å². The van der Waals surface area contributed by atoms with Crippen LogP contribution in [0.25, 0.3) is 0 Å². The van der Waals surface area contributed by atoms with Crippen LogP contribution in [0.2, 0.25) is 0 Å². The largest absolute Gasteiger partial charge is 0.276 e. The van der Waals surface area contributed by atoms with Gasteiger partial charge in [-0.1, -0.05) is 19.1 Å². The third-order valence-electron chi connectivity index (χ3n) is 2.93. The van der Waals surface area contributed by atoms with E-state index in [9.17, 15) is 4.79 Å². The zero-order valence-corrected chi connectivity index (χ0v) is 11.3. The molecule has 0 fully saturated rings. The number of anilines is 1. The van der Waals surface area contributed by atoms with E-state index in [-0.39, 0.29) is 17.5 Å². The van der Waals surface area contributed by atoms with E-state index < -0.39 is 0 Å². The Hall–Kier alpha value is -3.19. The summed E-state index contributed by atoms with van der Waals surface area (Å²) < 4.78 is 0. The maximum absolute atomic E-state index is 11.3. The minimum Gasteiger partial charge on any atom is -0.276 e. The predicted octanol–water partition coefficient (Wildman–Crippen LogP) is 1.36. The number of nitrogens with zero attached hydrogens (tertiary/aromatic N) is 4. The minimum absolute atomic E-state index is 0.0197. The number of nitriles is 2. The molecule has 7 heteroatoms. The standard InChI is InChI=1S/C14H12N6O/c1-9-5-13(21)19-20-14(9)10-3-2-4-11(6-10)17-18-12(7-15)8-16/h2-4,6,9,17H,5H2,1H3,(H,19,21). The molecule has 104 valence electrons. The third kappa shape index (κ3) is 3.43. The number of benzene rings is 1. The van der Waals surface area contributed by atoms with E-state index in [0.717, 1.165) is 11.3 Å². The van der Waals surface area contributed by atoms with Gasteiger partial charge in [0.2, 0.25) is 11.6 Å². The number of carbonyl (C=O) groups is 1. The smallest absolute Gasteiger partial charge is 0.240 e. The Bertz CT molecular complexity index is 691. The van der Waals surface area contributed by atoms with Crippen LogP contribution in [0.5, 0.6) is 0 Å². The molecule has 0 aliphatic carbocycles. The van der Waals surface area contributed by atoms with Gasteiger partial charge in [0, 0.05) is 17.9 Å². The number of rotatable bonds is 3. The molecule has 0 radical (unpaired) electrons. The average molecular weight is 280 g/mol. The molecule has 1 heterocycles. The fourth-order valence-electron chi connectivity index (χ4n) is 1.95. The first-order valence-electron chi connectivity index (χ1n) is 6.24. The summed E-state index contributed by atoms with van der Waals surface area (Å²) in [5.74, 6) is -0.0795. The molecule has 0 aromatic heterocycles. The molecule has 1 unspecified atom stereocenters. The lowest BCUT2D eigenvalue weighted by atomic mass is 9.94. The van der Waals surface area contributed by atoms with Gasteiger partial charge in [0.1, 0.15) is 12.1 Å². The average Bonchev–Trinajstić information content (AvgIpc) is 2.48. The van der Waals surface area contributed by atoms with Crippen LogP contribution in [0.3, 0.4) is 0 Å². The zero-order valence-electron chi connectivity index (χ0n) is 11.3. The van der Waals surface area contributed by atoms with Gasteiger partial charge in [-0.2, -0.15) is 20.7 Å². The Balaban J connectivity index is 2.23. The molecule has 1 amide bonds. The zero-order chi connectivity index (χ0) is 15.2. The van der Waals surface area contributed by atoms with E-state index in [2.05, 4.69) is 21.1 Å². The predicted molar refractivity (Wildman–Crippen MR) is 77.2 cm³/mol. The summed E-state index contributed by atoms with van der Waals surface area (Å²) in [5, 5.41) is 25.0.